The van der Waals surface area contributed by atoms with Crippen molar-refractivity contribution in [3.63, 3.8) is 0 Å². The molecule has 3 rings (SSSR count). The van der Waals surface area contributed by atoms with Crippen molar-refractivity contribution < 1.29 is 19.0 Å². The number of hydrogen-bond acceptors (Lipinski definition) is 7. The predicted octanol–water partition coefficient (Wildman–Crippen LogP) is 4.27. The lowest BCUT2D eigenvalue weighted by Crippen LogP contribution is -2.15. The number of aromatic nitrogens is 3. The summed E-state index contributed by atoms with van der Waals surface area (Å²) in [5, 5.41) is 11.8. The number of carbonyl (C=O) groups is 1. The number of nitrogens with zero attached hydrogens (tertiary/aromatic N) is 3. The van der Waals surface area contributed by atoms with Crippen LogP contribution in [-0.2, 0) is 18.4 Å². The summed E-state index contributed by atoms with van der Waals surface area (Å²) in [5.74, 6) is 3.12. The van der Waals surface area contributed by atoms with E-state index in [0.717, 1.165) is 5.75 Å². The van der Waals surface area contributed by atoms with Gasteiger partial charge in [-0.05, 0) is 35.7 Å². The Hall–Kier alpha value is -3.20. The van der Waals surface area contributed by atoms with Crippen LogP contribution in [0.4, 0.5) is 5.69 Å². The number of benzene rings is 2. The van der Waals surface area contributed by atoms with E-state index < -0.39 is 0 Å². The molecule has 0 aliphatic rings. The van der Waals surface area contributed by atoms with Crippen LogP contribution in [-0.4, -0.2) is 40.6 Å². The van der Waals surface area contributed by atoms with Gasteiger partial charge in [0.1, 0.15) is 23.9 Å². The molecule has 32 heavy (non-hydrogen) atoms. The molecule has 0 unspecified atom stereocenters. The van der Waals surface area contributed by atoms with Gasteiger partial charge in [-0.25, -0.2) is 0 Å². The van der Waals surface area contributed by atoms with Crippen molar-refractivity contribution in [2.75, 3.05) is 25.3 Å². The third-order valence-electron chi connectivity index (χ3n) is 4.85. The Morgan fingerprint density at radius 2 is 1.78 bits per heavy atom. The lowest BCUT2D eigenvalue weighted by Gasteiger charge is -2.11. The Labute approximate surface area is 192 Å². The van der Waals surface area contributed by atoms with Crippen LogP contribution in [0, 0.1) is 0 Å². The largest absolute Gasteiger partial charge is 0.497 e. The second-order valence-electron chi connectivity index (χ2n) is 7.37. The molecule has 0 saturated carbocycles. The first-order valence-electron chi connectivity index (χ1n) is 10.2. The molecule has 0 radical (unpaired) electrons. The Morgan fingerprint density at radius 3 is 2.44 bits per heavy atom. The van der Waals surface area contributed by atoms with Crippen LogP contribution in [0.2, 0.25) is 0 Å². The molecule has 0 spiro atoms. The molecule has 170 valence electrons. The Morgan fingerprint density at radius 1 is 1.06 bits per heavy atom. The summed E-state index contributed by atoms with van der Waals surface area (Å²) in [6.45, 7) is 4.60. The van der Waals surface area contributed by atoms with Crippen LogP contribution < -0.4 is 19.5 Å². The topological polar surface area (TPSA) is 87.5 Å². The van der Waals surface area contributed by atoms with Gasteiger partial charge in [0.05, 0.1) is 25.7 Å². The Kier molecular flexibility index (Phi) is 7.99. The average Bonchev–Trinajstić information content (AvgIpc) is 3.16. The second-order valence-corrected chi connectivity index (χ2v) is 8.32. The van der Waals surface area contributed by atoms with Crippen molar-refractivity contribution in [1.82, 2.24) is 14.8 Å². The van der Waals surface area contributed by atoms with E-state index >= 15 is 0 Å². The first-order valence-corrected chi connectivity index (χ1v) is 11.2. The number of rotatable bonds is 10. The lowest BCUT2D eigenvalue weighted by molar-refractivity contribution is -0.113. The smallest absolute Gasteiger partial charge is 0.234 e. The maximum Gasteiger partial charge on any atom is 0.234 e. The fourth-order valence-corrected chi connectivity index (χ4v) is 3.64. The fourth-order valence-electron chi connectivity index (χ4n) is 2.91. The van der Waals surface area contributed by atoms with Crippen molar-refractivity contribution in [2.24, 2.45) is 7.05 Å². The monoisotopic (exact) mass is 456 g/mol. The summed E-state index contributed by atoms with van der Waals surface area (Å²) < 4.78 is 18.2. The first-order chi connectivity index (χ1) is 15.4. The third-order valence-corrected chi connectivity index (χ3v) is 5.88. The van der Waals surface area contributed by atoms with Crippen LogP contribution in [0.15, 0.2) is 47.6 Å². The molecule has 9 heteroatoms. The van der Waals surface area contributed by atoms with Crippen molar-refractivity contribution in [3.05, 3.63) is 53.9 Å². The van der Waals surface area contributed by atoms with Crippen molar-refractivity contribution in [1.29, 1.82) is 0 Å². The molecular weight excluding hydrogens is 428 g/mol. The highest BCUT2D eigenvalue weighted by Crippen LogP contribution is 2.29. The number of hydrogen-bond donors (Lipinski definition) is 1. The van der Waals surface area contributed by atoms with Gasteiger partial charge < -0.3 is 24.1 Å². The molecule has 0 saturated heterocycles. The van der Waals surface area contributed by atoms with Crippen LogP contribution in [0.5, 0.6) is 17.2 Å². The molecule has 2 aromatic carbocycles. The van der Waals surface area contributed by atoms with Gasteiger partial charge in [-0.15, -0.1) is 10.2 Å². The van der Waals surface area contributed by atoms with Gasteiger partial charge in [-0.2, -0.15) is 0 Å². The average molecular weight is 457 g/mol. The van der Waals surface area contributed by atoms with E-state index in [1.54, 1.807) is 32.4 Å². The zero-order valence-corrected chi connectivity index (χ0v) is 19.7. The minimum Gasteiger partial charge on any atom is -0.497 e. The molecule has 0 fully saturated rings. The van der Waals surface area contributed by atoms with Crippen LogP contribution in [0.25, 0.3) is 0 Å². The zero-order chi connectivity index (χ0) is 23.1. The molecule has 0 aliphatic carbocycles. The first kappa shape index (κ1) is 23.5. The summed E-state index contributed by atoms with van der Waals surface area (Å²) >= 11 is 1.30. The van der Waals surface area contributed by atoms with E-state index in [-0.39, 0.29) is 11.7 Å². The summed E-state index contributed by atoms with van der Waals surface area (Å²) in [7, 11) is 4.97. The van der Waals surface area contributed by atoms with E-state index in [0.29, 0.717) is 40.7 Å². The molecule has 1 aromatic heterocycles. The van der Waals surface area contributed by atoms with Crippen molar-refractivity contribution in [2.45, 2.75) is 31.5 Å². The molecular formula is C23H28N4O4S. The predicted molar refractivity (Wildman–Crippen MR) is 125 cm³/mol. The minimum absolute atomic E-state index is 0.176. The number of nitrogens with one attached hydrogen (secondary N) is 1. The zero-order valence-electron chi connectivity index (χ0n) is 18.9. The number of methoxy groups -OCH3 is 2. The van der Waals surface area contributed by atoms with Gasteiger partial charge >= 0.3 is 0 Å². The van der Waals surface area contributed by atoms with Crippen LogP contribution >= 0.6 is 11.8 Å². The highest BCUT2D eigenvalue weighted by molar-refractivity contribution is 7.99. The van der Waals surface area contributed by atoms with E-state index in [2.05, 4.69) is 41.5 Å². The number of thioether (sulfide) groups is 1. The van der Waals surface area contributed by atoms with Gasteiger partial charge in [0, 0.05) is 13.1 Å². The van der Waals surface area contributed by atoms with Gasteiger partial charge in [-0.1, -0.05) is 37.7 Å². The SMILES string of the molecule is COc1ccc(NC(=O)CSc2nnc(COc3ccc(C(C)C)cc3)n2C)c(OC)c1. The van der Waals surface area contributed by atoms with E-state index in [1.807, 2.05) is 23.7 Å². The minimum atomic E-state index is -0.176. The third kappa shape index (κ3) is 5.94. The summed E-state index contributed by atoms with van der Waals surface area (Å²) in [4.78, 5) is 12.4. The quantitative estimate of drug-likeness (QED) is 0.456. The second kappa shape index (κ2) is 10.9. The van der Waals surface area contributed by atoms with Crippen molar-refractivity contribution in [3.8, 4) is 17.2 Å². The molecule has 0 bridgehead atoms. The number of amides is 1. The van der Waals surface area contributed by atoms with E-state index in [1.165, 1.54) is 17.3 Å². The number of ether oxygens (including phenoxy) is 3. The Balaban J connectivity index is 1.53. The molecule has 1 amide bonds. The number of anilines is 1. The van der Waals surface area contributed by atoms with Gasteiger partial charge in [-0.3, -0.25) is 4.79 Å². The molecule has 1 N–H and O–H groups in total. The number of carbonyl (C=O) groups excluding carboxylic acids is 1. The van der Waals surface area contributed by atoms with Gasteiger partial charge in [0.2, 0.25) is 5.91 Å². The van der Waals surface area contributed by atoms with Gasteiger partial charge in [0.15, 0.2) is 11.0 Å². The summed E-state index contributed by atoms with van der Waals surface area (Å²) in [6, 6.07) is 13.3. The maximum atomic E-state index is 12.4. The van der Waals surface area contributed by atoms with Crippen LogP contribution in [0.3, 0.4) is 0 Å². The summed E-state index contributed by atoms with van der Waals surface area (Å²) in [5.41, 5.74) is 1.84. The Bertz CT molecular complexity index is 1050. The highest BCUT2D eigenvalue weighted by Gasteiger charge is 2.14. The molecule has 0 aliphatic heterocycles. The molecule has 8 nitrogen and oxygen atoms in total. The molecule has 0 atom stereocenters. The standard InChI is InChI=1S/C23H28N4O4S/c1-15(2)16-6-8-17(9-7-16)31-13-21-25-26-23(27(21)3)32-14-22(28)24-19-11-10-18(29-4)12-20(19)30-5/h6-12,15H,13-14H2,1-5H3,(H,24,28). The molecule has 3 aromatic rings. The van der Waals surface area contributed by atoms with E-state index in [4.69, 9.17) is 14.2 Å². The summed E-state index contributed by atoms with van der Waals surface area (Å²) in [6.07, 6.45) is 0. The fraction of sp³-hybridized carbons (Fsp3) is 0.348. The van der Waals surface area contributed by atoms with Crippen LogP contribution in [0.1, 0.15) is 31.2 Å². The molecule has 1 heterocycles. The maximum absolute atomic E-state index is 12.4. The lowest BCUT2D eigenvalue weighted by atomic mass is 10.0. The van der Waals surface area contributed by atoms with E-state index in [9.17, 15) is 4.79 Å². The van der Waals surface area contributed by atoms with Crippen molar-refractivity contribution >= 4 is 23.4 Å². The highest BCUT2D eigenvalue weighted by atomic mass is 32.2. The van der Waals surface area contributed by atoms with Gasteiger partial charge in [0.25, 0.3) is 0 Å². The normalized spacial score (nSPS) is 10.8.